The number of hydrogen-bond acceptors (Lipinski definition) is 6. The zero-order valence-electron chi connectivity index (χ0n) is 13.5. The molecular formula is C17H16ClFN4O2S. The summed E-state index contributed by atoms with van der Waals surface area (Å²) < 4.78 is 15.1. The van der Waals surface area contributed by atoms with Crippen molar-refractivity contribution in [2.24, 2.45) is 0 Å². The summed E-state index contributed by atoms with van der Waals surface area (Å²) in [6, 6.07) is 4.54. The van der Waals surface area contributed by atoms with Gasteiger partial charge in [-0.2, -0.15) is 0 Å². The third-order valence-corrected chi connectivity index (χ3v) is 6.05. The van der Waals surface area contributed by atoms with Crippen LogP contribution >= 0.6 is 23.4 Å². The van der Waals surface area contributed by atoms with Crippen molar-refractivity contribution in [2.75, 3.05) is 11.1 Å². The third kappa shape index (κ3) is 3.14. The Kier molecular flexibility index (Phi) is 4.74. The Morgan fingerprint density at radius 3 is 2.92 bits per heavy atom. The van der Waals surface area contributed by atoms with Gasteiger partial charge in [0.15, 0.2) is 11.5 Å². The maximum Gasteiger partial charge on any atom is 0.180 e. The molecule has 1 aliphatic rings. The Hall–Kier alpha value is -1.87. The Balaban J connectivity index is 1.59. The molecule has 6 nitrogen and oxygen atoms in total. The molecule has 4 rings (SSSR count). The number of aliphatic hydroxyl groups excluding tert-OH is 2. The molecule has 0 amide bonds. The van der Waals surface area contributed by atoms with Gasteiger partial charge in [0.25, 0.3) is 0 Å². The van der Waals surface area contributed by atoms with Gasteiger partial charge in [-0.25, -0.2) is 14.4 Å². The number of aliphatic hydroxyl groups is 2. The largest absolute Gasteiger partial charge is 0.390 e. The molecule has 0 saturated carbocycles. The van der Waals surface area contributed by atoms with Gasteiger partial charge < -0.3 is 15.5 Å². The monoisotopic (exact) mass is 394 g/mol. The first-order valence-electron chi connectivity index (χ1n) is 8.02. The van der Waals surface area contributed by atoms with Crippen LogP contribution in [0.15, 0.2) is 36.8 Å². The van der Waals surface area contributed by atoms with Crippen molar-refractivity contribution in [3.63, 3.8) is 0 Å². The van der Waals surface area contributed by atoms with E-state index < -0.39 is 18.0 Å². The molecule has 2 aromatic heterocycles. The first-order valence-corrected chi connectivity index (χ1v) is 9.45. The van der Waals surface area contributed by atoms with Gasteiger partial charge in [-0.05, 0) is 17.7 Å². The fourth-order valence-electron chi connectivity index (χ4n) is 2.97. The summed E-state index contributed by atoms with van der Waals surface area (Å²) in [4.78, 5) is 8.73. The number of halogens is 2. The molecule has 9 heteroatoms. The molecule has 0 radical (unpaired) electrons. The predicted molar refractivity (Wildman–Crippen MR) is 98.9 cm³/mol. The van der Waals surface area contributed by atoms with Crippen molar-refractivity contribution in [1.82, 2.24) is 14.4 Å². The van der Waals surface area contributed by atoms with Crippen LogP contribution in [0.2, 0.25) is 5.02 Å². The fraction of sp³-hybridized carbons (Fsp3) is 0.294. The van der Waals surface area contributed by atoms with Gasteiger partial charge in [0, 0.05) is 24.7 Å². The van der Waals surface area contributed by atoms with E-state index in [1.54, 1.807) is 30.7 Å². The molecule has 1 saturated heterocycles. The summed E-state index contributed by atoms with van der Waals surface area (Å²) in [5, 5.41) is 23.0. The molecule has 1 aliphatic heterocycles. The van der Waals surface area contributed by atoms with E-state index >= 15 is 0 Å². The Morgan fingerprint density at radius 1 is 1.35 bits per heavy atom. The minimum Gasteiger partial charge on any atom is -0.390 e. The Labute approximate surface area is 158 Å². The number of nitrogens with zero attached hydrogens (tertiary/aromatic N) is 3. The van der Waals surface area contributed by atoms with Crippen LogP contribution in [0.25, 0.3) is 5.65 Å². The van der Waals surface area contributed by atoms with Crippen molar-refractivity contribution in [1.29, 1.82) is 0 Å². The molecule has 0 unspecified atom stereocenters. The number of anilines is 1. The Bertz CT molecular complexity index is 954. The van der Waals surface area contributed by atoms with E-state index in [1.165, 1.54) is 17.8 Å². The van der Waals surface area contributed by atoms with E-state index in [4.69, 9.17) is 11.6 Å². The van der Waals surface area contributed by atoms with Crippen LogP contribution in [0.5, 0.6) is 0 Å². The number of aromatic nitrogens is 3. The second-order valence-electron chi connectivity index (χ2n) is 6.07. The number of thioether (sulfide) groups is 1. The van der Waals surface area contributed by atoms with E-state index in [-0.39, 0.29) is 10.3 Å². The van der Waals surface area contributed by atoms with Crippen LogP contribution in [0, 0.1) is 5.82 Å². The number of rotatable bonds is 4. The van der Waals surface area contributed by atoms with Crippen molar-refractivity contribution < 1.29 is 14.6 Å². The first kappa shape index (κ1) is 17.5. The topological polar surface area (TPSA) is 82.7 Å². The van der Waals surface area contributed by atoms with E-state index in [9.17, 15) is 14.6 Å². The molecule has 0 spiro atoms. The number of benzene rings is 1. The van der Waals surface area contributed by atoms with Crippen LogP contribution in [-0.4, -0.2) is 42.5 Å². The molecule has 0 bridgehead atoms. The summed E-state index contributed by atoms with van der Waals surface area (Å²) in [5.41, 5.74) is 2.24. The highest BCUT2D eigenvalue weighted by molar-refractivity contribution is 7.99. The SMILES string of the molecule is O[C@@H]1[C@H](O)CS[C@H]1c1cnc2c(NCc3ccc(F)c(Cl)c3)nccn12. The minimum absolute atomic E-state index is 0.0735. The lowest BCUT2D eigenvalue weighted by molar-refractivity contribution is 0.0411. The van der Waals surface area contributed by atoms with Gasteiger partial charge in [0.2, 0.25) is 0 Å². The molecule has 1 fully saturated rings. The molecular weight excluding hydrogens is 379 g/mol. The number of nitrogens with one attached hydrogen (secondary N) is 1. The lowest BCUT2D eigenvalue weighted by Gasteiger charge is -2.15. The van der Waals surface area contributed by atoms with Crippen LogP contribution in [-0.2, 0) is 6.54 Å². The maximum atomic E-state index is 13.3. The summed E-state index contributed by atoms with van der Waals surface area (Å²) in [7, 11) is 0. The van der Waals surface area contributed by atoms with Crippen LogP contribution in [0.3, 0.4) is 0 Å². The molecule has 3 aromatic rings. The second-order valence-corrected chi connectivity index (χ2v) is 7.65. The van der Waals surface area contributed by atoms with E-state index in [0.717, 1.165) is 11.3 Å². The van der Waals surface area contributed by atoms with Gasteiger partial charge in [0.1, 0.15) is 5.82 Å². The zero-order valence-corrected chi connectivity index (χ0v) is 15.1. The van der Waals surface area contributed by atoms with Gasteiger partial charge >= 0.3 is 0 Å². The van der Waals surface area contributed by atoms with Crippen molar-refractivity contribution in [3.8, 4) is 0 Å². The quantitative estimate of drug-likeness (QED) is 0.631. The number of fused-ring (bicyclic) bond motifs is 1. The zero-order chi connectivity index (χ0) is 18.3. The van der Waals surface area contributed by atoms with Crippen molar-refractivity contribution >= 4 is 34.8 Å². The highest BCUT2D eigenvalue weighted by atomic mass is 35.5. The summed E-state index contributed by atoms with van der Waals surface area (Å²) in [5.74, 6) is 0.598. The number of hydrogen-bond donors (Lipinski definition) is 3. The van der Waals surface area contributed by atoms with Gasteiger partial charge in [-0.15, -0.1) is 11.8 Å². The smallest absolute Gasteiger partial charge is 0.180 e. The summed E-state index contributed by atoms with van der Waals surface area (Å²) in [6.07, 6.45) is 3.54. The van der Waals surface area contributed by atoms with Gasteiger partial charge in [-0.1, -0.05) is 17.7 Å². The van der Waals surface area contributed by atoms with Crippen molar-refractivity contribution in [3.05, 3.63) is 58.9 Å². The highest BCUT2D eigenvalue weighted by Gasteiger charge is 2.37. The molecule has 0 aliphatic carbocycles. The minimum atomic E-state index is -0.828. The lowest BCUT2D eigenvalue weighted by atomic mass is 10.1. The normalized spacial score (nSPS) is 22.8. The lowest BCUT2D eigenvalue weighted by Crippen LogP contribution is -2.25. The maximum absolute atomic E-state index is 13.3. The van der Waals surface area contributed by atoms with Crippen LogP contribution < -0.4 is 5.32 Å². The first-order chi connectivity index (χ1) is 12.5. The average molecular weight is 395 g/mol. The Morgan fingerprint density at radius 2 is 2.19 bits per heavy atom. The molecule has 3 heterocycles. The second kappa shape index (κ2) is 7.03. The summed E-state index contributed by atoms with van der Waals surface area (Å²) in [6.45, 7) is 0.411. The average Bonchev–Trinajstić information content (AvgIpc) is 3.20. The summed E-state index contributed by atoms with van der Waals surface area (Å²) >= 11 is 7.31. The van der Waals surface area contributed by atoms with Crippen LogP contribution in [0.1, 0.15) is 16.5 Å². The number of imidazole rings is 1. The van der Waals surface area contributed by atoms with Crippen LogP contribution in [0.4, 0.5) is 10.2 Å². The molecule has 26 heavy (non-hydrogen) atoms. The van der Waals surface area contributed by atoms with Gasteiger partial charge in [-0.3, -0.25) is 4.40 Å². The predicted octanol–water partition coefficient (Wildman–Crippen LogP) is 2.64. The van der Waals surface area contributed by atoms with Gasteiger partial charge in [0.05, 0.1) is 34.4 Å². The van der Waals surface area contributed by atoms with E-state index in [1.807, 2.05) is 4.40 Å². The highest BCUT2D eigenvalue weighted by Crippen LogP contribution is 2.40. The standard InChI is InChI=1S/C17H16ClFN4O2S/c18-10-5-9(1-2-11(10)19)6-21-16-17-22-7-12(23(17)4-3-20-16)15-14(25)13(24)8-26-15/h1-5,7,13-15,24-25H,6,8H2,(H,20,21)/t13-,14-,15+/m1/s1. The van der Waals surface area contributed by atoms with Crippen molar-refractivity contribution in [2.45, 2.75) is 24.0 Å². The molecule has 1 aromatic carbocycles. The fourth-order valence-corrected chi connectivity index (χ4v) is 4.50. The third-order valence-electron chi connectivity index (χ3n) is 4.34. The van der Waals surface area contributed by atoms with E-state index in [2.05, 4.69) is 15.3 Å². The molecule has 136 valence electrons. The molecule has 3 N–H and O–H groups in total. The molecule has 3 atom stereocenters. The van der Waals surface area contributed by atoms with E-state index in [0.29, 0.717) is 23.8 Å².